The second-order valence-corrected chi connectivity index (χ2v) is 9.53. The monoisotopic (exact) mass is 479 g/mol. The van der Waals surface area contributed by atoms with Gasteiger partial charge < -0.3 is 20.1 Å². The number of carbonyl (C=O) groups is 1. The van der Waals surface area contributed by atoms with E-state index in [0.29, 0.717) is 11.4 Å². The van der Waals surface area contributed by atoms with Crippen molar-refractivity contribution in [2.45, 2.75) is 19.3 Å². The number of hydrogen-bond acceptors (Lipinski definition) is 5. The summed E-state index contributed by atoms with van der Waals surface area (Å²) in [4.78, 5) is 26.0. The molecule has 1 amide bonds. The Morgan fingerprint density at radius 1 is 1.00 bits per heavy atom. The number of H-pyrrole nitrogens is 2. The Morgan fingerprint density at radius 3 is 2.69 bits per heavy atom. The smallest absolute Gasteiger partial charge is 0.276 e. The van der Waals surface area contributed by atoms with Crippen molar-refractivity contribution in [3.05, 3.63) is 66.6 Å². The Balaban J connectivity index is 1.40. The zero-order valence-corrected chi connectivity index (χ0v) is 20.5. The van der Waals surface area contributed by atoms with Gasteiger partial charge in [-0.15, -0.1) is 0 Å². The van der Waals surface area contributed by atoms with Gasteiger partial charge in [0, 0.05) is 49.7 Å². The van der Waals surface area contributed by atoms with Gasteiger partial charge in [0.1, 0.15) is 5.82 Å². The molecule has 0 aliphatic carbocycles. The van der Waals surface area contributed by atoms with E-state index in [1.165, 1.54) is 6.42 Å². The zero-order valence-electron chi connectivity index (χ0n) is 20.5. The summed E-state index contributed by atoms with van der Waals surface area (Å²) in [6.45, 7) is 1.94. The van der Waals surface area contributed by atoms with Crippen LogP contribution in [-0.4, -0.2) is 53.3 Å². The van der Waals surface area contributed by atoms with Gasteiger partial charge >= 0.3 is 0 Å². The molecular formula is C28H29N7O. The number of anilines is 3. The number of rotatable bonds is 5. The third-order valence-electron chi connectivity index (χ3n) is 6.95. The lowest BCUT2D eigenvalue weighted by Crippen LogP contribution is -2.31. The molecular weight excluding hydrogens is 450 g/mol. The zero-order chi connectivity index (χ0) is 24.6. The van der Waals surface area contributed by atoms with E-state index in [0.717, 1.165) is 70.4 Å². The molecule has 1 aliphatic heterocycles. The van der Waals surface area contributed by atoms with Crippen molar-refractivity contribution in [2.75, 3.05) is 42.3 Å². The number of pyridine rings is 1. The van der Waals surface area contributed by atoms with E-state index < -0.39 is 0 Å². The van der Waals surface area contributed by atoms with Crippen LogP contribution in [0.25, 0.3) is 32.9 Å². The molecule has 1 saturated heterocycles. The lowest BCUT2D eigenvalue weighted by Gasteiger charge is -2.28. The van der Waals surface area contributed by atoms with Gasteiger partial charge in [0.25, 0.3) is 5.91 Å². The topological polar surface area (TPSA) is 92.9 Å². The van der Waals surface area contributed by atoms with Gasteiger partial charge in [-0.3, -0.25) is 9.89 Å². The molecule has 4 heterocycles. The first kappa shape index (κ1) is 22.2. The van der Waals surface area contributed by atoms with E-state index in [4.69, 9.17) is 4.98 Å². The van der Waals surface area contributed by atoms with Crippen molar-refractivity contribution in [3.8, 4) is 11.1 Å². The maximum absolute atomic E-state index is 13.7. The molecule has 0 atom stereocenters. The fraction of sp³-hybridized carbons (Fsp3) is 0.250. The van der Waals surface area contributed by atoms with Gasteiger partial charge in [-0.05, 0) is 66.8 Å². The highest BCUT2D eigenvalue weighted by atomic mass is 16.1. The number of benzene rings is 2. The summed E-state index contributed by atoms with van der Waals surface area (Å²) >= 11 is 0. The molecule has 182 valence electrons. The molecule has 6 rings (SSSR count). The number of nitrogens with zero attached hydrogens (tertiary/aromatic N) is 4. The molecule has 0 spiro atoms. The molecule has 2 aromatic carbocycles. The summed E-state index contributed by atoms with van der Waals surface area (Å²) in [5.41, 5.74) is 5.90. The van der Waals surface area contributed by atoms with E-state index in [9.17, 15) is 4.79 Å². The fourth-order valence-electron chi connectivity index (χ4n) is 5.10. The summed E-state index contributed by atoms with van der Waals surface area (Å²) in [6.07, 6.45) is 7.23. The normalized spacial score (nSPS) is 13.9. The summed E-state index contributed by atoms with van der Waals surface area (Å²) in [5, 5.41) is 12.4. The second-order valence-electron chi connectivity index (χ2n) is 9.53. The van der Waals surface area contributed by atoms with E-state index in [1.807, 2.05) is 49.5 Å². The second kappa shape index (κ2) is 9.03. The first-order chi connectivity index (χ1) is 17.6. The maximum Gasteiger partial charge on any atom is 0.276 e. The van der Waals surface area contributed by atoms with Crippen molar-refractivity contribution < 1.29 is 4.79 Å². The molecule has 5 aromatic rings. The number of aromatic amines is 2. The molecule has 1 fully saturated rings. The van der Waals surface area contributed by atoms with E-state index in [-0.39, 0.29) is 5.91 Å². The molecule has 3 aromatic heterocycles. The van der Waals surface area contributed by atoms with Crippen LogP contribution in [0.5, 0.6) is 0 Å². The predicted molar refractivity (Wildman–Crippen MR) is 146 cm³/mol. The summed E-state index contributed by atoms with van der Waals surface area (Å²) < 4.78 is 0. The largest absolute Gasteiger partial charge is 0.376 e. The van der Waals surface area contributed by atoms with E-state index in [2.05, 4.69) is 49.7 Å². The van der Waals surface area contributed by atoms with Crippen LogP contribution in [0.2, 0.25) is 0 Å². The molecule has 3 N–H and O–H groups in total. The summed E-state index contributed by atoms with van der Waals surface area (Å²) in [6, 6.07) is 16.3. The summed E-state index contributed by atoms with van der Waals surface area (Å²) in [5.74, 6) is 0.615. The lowest BCUT2D eigenvalue weighted by atomic mass is 9.99. The Bertz CT molecular complexity index is 1560. The number of nitrogens with one attached hydrogen (secondary N) is 3. The van der Waals surface area contributed by atoms with Crippen LogP contribution in [0.3, 0.4) is 0 Å². The van der Waals surface area contributed by atoms with Gasteiger partial charge in [0.2, 0.25) is 0 Å². The first-order valence-corrected chi connectivity index (χ1v) is 12.4. The molecule has 0 unspecified atom stereocenters. The van der Waals surface area contributed by atoms with Crippen molar-refractivity contribution in [3.63, 3.8) is 0 Å². The highest BCUT2D eigenvalue weighted by Gasteiger charge is 2.21. The minimum atomic E-state index is -0.239. The molecule has 8 heteroatoms. The molecule has 0 radical (unpaired) electrons. The third kappa shape index (κ3) is 3.94. The van der Waals surface area contributed by atoms with Crippen LogP contribution < -0.4 is 15.1 Å². The van der Waals surface area contributed by atoms with Crippen LogP contribution in [0.1, 0.15) is 29.8 Å². The first-order valence-electron chi connectivity index (χ1n) is 12.4. The van der Waals surface area contributed by atoms with Crippen molar-refractivity contribution >= 4 is 44.9 Å². The van der Waals surface area contributed by atoms with Gasteiger partial charge in [-0.2, -0.15) is 5.10 Å². The number of carbonyl (C=O) groups excluding carboxylic acids is 1. The third-order valence-corrected chi connectivity index (χ3v) is 6.95. The number of piperidine rings is 1. The Kier molecular flexibility index (Phi) is 5.56. The van der Waals surface area contributed by atoms with Crippen LogP contribution >= 0.6 is 0 Å². The lowest BCUT2D eigenvalue weighted by molar-refractivity contribution is 0.102. The number of fused-ring (bicyclic) bond motifs is 2. The minimum absolute atomic E-state index is 0.239. The molecule has 8 nitrogen and oxygen atoms in total. The highest BCUT2D eigenvalue weighted by Crippen LogP contribution is 2.34. The van der Waals surface area contributed by atoms with Crippen LogP contribution in [0.15, 0.2) is 60.9 Å². The SMILES string of the molecule is CN(C)c1ccc(N2CCCCC2)nc1C(=O)Nc1cc(-c2cccc3[nH]ccc23)cc2[nH]ncc12. The van der Waals surface area contributed by atoms with Crippen molar-refractivity contribution in [1.82, 2.24) is 20.2 Å². The molecule has 1 aliphatic rings. The average Bonchev–Trinajstić information content (AvgIpc) is 3.58. The quantitative estimate of drug-likeness (QED) is 0.313. The molecule has 36 heavy (non-hydrogen) atoms. The number of aromatic nitrogens is 4. The Morgan fingerprint density at radius 2 is 1.86 bits per heavy atom. The fourth-order valence-corrected chi connectivity index (χ4v) is 5.10. The van der Waals surface area contributed by atoms with E-state index >= 15 is 0 Å². The number of hydrogen-bond donors (Lipinski definition) is 3. The number of amides is 1. The molecule has 0 saturated carbocycles. The standard InChI is InChI=1S/C28H29N7O/c1-34(2)25-9-10-26(35-13-4-3-5-14-35)32-27(25)28(36)31-23-15-18(16-24-21(23)17-30-33-24)19-7-6-8-22-20(19)11-12-29-22/h6-12,15-17,29H,3-5,13-14H2,1-2H3,(H,30,33)(H,31,36). The van der Waals surface area contributed by atoms with Crippen LogP contribution in [-0.2, 0) is 0 Å². The predicted octanol–water partition coefficient (Wildman–Crippen LogP) is 5.41. The Labute approximate surface area is 209 Å². The average molecular weight is 480 g/mol. The maximum atomic E-state index is 13.7. The van der Waals surface area contributed by atoms with E-state index in [1.54, 1.807) is 6.20 Å². The van der Waals surface area contributed by atoms with Crippen LogP contribution in [0.4, 0.5) is 17.2 Å². The van der Waals surface area contributed by atoms with Crippen LogP contribution in [0, 0.1) is 0 Å². The van der Waals surface area contributed by atoms with Crippen molar-refractivity contribution in [2.24, 2.45) is 0 Å². The molecule has 0 bridgehead atoms. The minimum Gasteiger partial charge on any atom is -0.376 e. The summed E-state index contributed by atoms with van der Waals surface area (Å²) in [7, 11) is 3.86. The van der Waals surface area contributed by atoms with Gasteiger partial charge in [-0.1, -0.05) is 12.1 Å². The van der Waals surface area contributed by atoms with Gasteiger partial charge in [0.05, 0.1) is 23.1 Å². The Hall–Kier alpha value is -4.33. The highest BCUT2D eigenvalue weighted by molar-refractivity contribution is 6.11. The van der Waals surface area contributed by atoms with Gasteiger partial charge in [0.15, 0.2) is 5.69 Å². The van der Waals surface area contributed by atoms with Gasteiger partial charge in [-0.25, -0.2) is 4.98 Å². The van der Waals surface area contributed by atoms with Crippen molar-refractivity contribution in [1.29, 1.82) is 0 Å².